The summed E-state index contributed by atoms with van der Waals surface area (Å²) in [6.07, 6.45) is 4.70. The molecule has 2 fully saturated rings. The topological polar surface area (TPSA) is 62.2 Å². The van der Waals surface area contributed by atoms with Gasteiger partial charge in [0.25, 0.3) is 0 Å². The fourth-order valence-corrected chi connectivity index (χ4v) is 3.65. The van der Waals surface area contributed by atoms with Gasteiger partial charge in [0.1, 0.15) is 5.82 Å². The highest BCUT2D eigenvalue weighted by molar-refractivity contribution is 5.91. The third-order valence-electron chi connectivity index (χ3n) is 5.27. The number of likely N-dealkylation sites (N-methyl/N-ethyl adjacent to an activating group) is 1. The third-order valence-corrected chi connectivity index (χ3v) is 5.27. The van der Waals surface area contributed by atoms with E-state index in [9.17, 15) is 4.79 Å². The summed E-state index contributed by atoms with van der Waals surface area (Å²) in [4.78, 5) is 14.9. The van der Waals surface area contributed by atoms with Crippen molar-refractivity contribution in [1.82, 2.24) is 20.0 Å². The van der Waals surface area contributed by atoms with E-state index in [1.165, 1.54) is 19.3 Å². The summed E-state index contributed by atoms with van der Waals surface area (Å²) in [7, 11) is 1.99. The van der Waals surface area contributed by atoms with Gasteiger partial charge in [-0.15, -0.1) is 0 Å². The van der Waals surface area contributed by atoms with Gasteiger partial charge in [0.2, 0.25) is 5.91 Å². The van der Waals surface area contributed by atoms with Crippen LogP contribution in [0.1, 0.15) is 37.3 Å². The van der Waals surface area contributed by atoms with Crippen LogP contribution in [0.2, 0.25) is 0 Å². The molecule has 1 aliphatic heterocycles. The van der Waals surface area contributed by atoms with Gasteiger partial charge >= 0.3 is 0 Å². The molecule has 4 rings (SSSR count). The Labute approximate surface area is 154 Å². The number of benzene rings is 1. The molecular formula is C20H27N5O. The SMILES string of the molecule is CNC1CCCN(CC(=O)Nc2cc(C3CC3)nn2-c2ccccc2)C1. The number of hydrogen-bond donors (Lipinski definition) is 2. The predicted molar refractivity (Wildman–Crippen MR) is 103 cm³/mol. The molecule has 6 heteroatoms. The largest absolute Gasteiger partial charge is 0.316 e. The van der Waals surface area contributed by atoms with Crippen molar-refractivity contribution in [2.45, 2.75) is 37.6 Å². The molecule has 2 aromatic rings. The van der Waals surface area contributed by atoms with Crippen molar-refractivity contribution >= 4 is 11.7 Å². The molecule has 0 spiro atoms. The van der Waals surface area contributed by atoms with Gasteiger partial charge in [-0.3, -0.25) is 9.69 Å². The molecular weight excluding hydrogens is 326 g/mol. The molecule has 138 valence electrons. The minimum absolute atomic E-state index is 0.0289. The summed E-state index contributed by atoms with van der Waals surface area (Å²) in [6, 6.07) is 12.5. The van der Waals surface area contributed by atoms with Crippen molar-refractivity contribution in [3.05, 3.63) is 42.1 Å². The van der Waals surface area contributed by atoms with Crippen molar-refractivity contribution in [1.29, 1.82) is 0 Å². The lowest BCUT2D eigenvalue weighted by Gasteiger charge is -2.31. The van der Waals surface area contributed by atoms with E-state index in [0.29, 0.717) is 18.5 Å². The molecule has 1 atom stereocenters. The van der Waals surface area contributed by atoms with Gasteiger partial charge in [0.15, 0.2) is 0 Å². The van der Waals surface area contributed by atoms with E-state index in [2.05, 4.69) is 15.5 Å². The van der Waals surface area contributed by atoms with E-state index in [1.54, 1.807) is 0 Å². The first kappa shape index (κ1) is 17.2. The van der Waals surface area contributed by atoms with E-state index in [-0.39, 0.29) is 5.91 Å². The van der Waals surface area contributed by atoms with Gasteiger partial charge in [-0.25, -0.2) is 4.68 Å². The molecule has 2 aliphatic rings. The number of para-hydroxylation sites is 1. The van der Waals surface area contributed by atoms with Crippen molar-refractivity contribution in [3.63, 3.8) is 0 Å². The molecule has 2 heterocycles. The molecule has 0 radical (unpaired) electrons. The monoisotopic (exact) mass is 353 g/mol. The second-order valence-corrected chi connectivity index (χ2v) is 7.39. The Morgan fingerprint density at radius 2 is 2.04 bits per heavy atom. The van der Waals surface area contributed by atoms with Crippen molar-refractivity contribution < 1.29 is 4.79 Å². The molecule has 1 unspecified atom stereocenters. The third kappa shape index (κ3) is 3.97. The van der Waals surface area contributed by atoms with Crippen LogP contribution >= 0.6 is 0 Å². The van der Waals surface area contributed by atoms with Crippen LogP contribution in [0.25, 0.3) is 5.69 Å². The number of piperidine rings is 1. The Morgan fingerprint density at radius 3 is 2.77 bits per heavy atom. The molecule has 1 saturated heterocycles. The number of carbonyl (C=O) groups excluding carboxylic acids is 1. The lowest BCUT2D eigenvalue weighted by molar-refractivity contribution is -0.117. The first-order chi connectivity index (χ1) is 12.7. The summed E-state index contributed by atoms with van der Waals surface area (Å²) >= 11 is 0. The van der Waals surface area contributed by atoms with Gasteiger partial charge in [-0.2, -0.15) is 5.10 Å². The van der Waals surface area contributed by atoms with Crippen LogP contribution in [0.15, 0.2) is 36.4 Å². The Morgan fingerprint density at radius 1 is 1.23 bits per heavy atom. The van der Waals surface area contributed by atoms with Gasteiger partial charge in [-0.05, 0) is 51.4 Å². The summed E-state index contributed by atoms with van der Waals surface area (Å²) < 4.78 is 1.86. The number of amides is 1. The van der Waals surface area contributed by atoms with Gasteiger partial charge in [-0.1, -0.05) is 18.2 Å². The maximum absolute atomic E-state index is 12.6. The van der Waals surface area contributed by atoms with Crippen LogP contribution in [0.4, 0.5) is 5.82 Å². The molecule has 1 amide bonds. The predicted octanol–water partition coefficient (Wildman–Crippen LogP) is 2.37. The lowest BCUT2D eigenvalue weighted by Crippen LogP contribution is -2.47. The minimum atomic E-state index is 0.0289. The number of nitrogens with one attached hydrogen (secondary N) is 2. The number of anilines is 1. The summed E-state index contributed by atoms with van der Waals surface area (Å²) in [5.74, 6) is 1.35. The minimum Gasteiger partial charge on any atom is -0.316 e. The fraction of sp³-hybridized carbons (Fsp3) is 0.500. The highest BCUT2D eigenvalue weighted by Gasteiger charge is 2.28. The molecule has 2 N–H and O–H groups in total. The second kappa shape index (κ2) is 7.60. The Kier molecular flexibility index (Phi) is 5.04. The van der Waals surface area contributed by atoms with Crippen molar-refractivity contribution in [2.24, 2.45) is 0 Å². The molecule has 6 nitrogen and oxygen atoms in total. The normalized spacial score (nSPS) is 20.9. The number of nitrogens with zero attached hydrogens (tertiary/aromatic N) is 3. The van der Waals surface area contributed by atoms with Crippen LogP contribution in [0.5, 0.6) is 0 Å². The average Bonchev–Trinajstić information content (AvgIpc) is 3.43. The van der Waals surface area contributed by atoms with Gasteiger partial charge < -0.3 is 10.6 Å². The smallest absolute Gasteiger partial charge is 0.239 e. The van der Waals surface area contributed by atoms with Crippen LogP contribution in [0, 0.1) is 0 Å². The molecule has 1 saturated carbocycles. The lowest BCUT2D eigenvalue weighted by atomic mass is 10.1. The van der Waals surface area contributed by atoms with E-state index in [4.69, 9.17) is 5.10 Å². The van der Waals surface area contributed by atoms with E-state index < -0.39 is 0 Å². The van der Waals surface area contributed by atoms with Gasteiger partial charge in [0, 0.05) is 24.6 Å². The van der Waals surface area contributed by atoms with Crippen LogP contribution < -0.4 is 10.6 Å². The van der Waals surface area contributed by atoms with Crippen LogP contribution in [-0.2, 0) is 4.79 Å². The standard InChI is InChI=1S/C20H27N5O/c1-21-16-6-5-11-24(13-16)14-20(26)22-19-12-18(15-9-10-15)23-25(19)17-7-3-2-4-8-17/h2-4,7-8,12,15-16,21H,5-6,9-11,13-14H2,1H3,(H,22,26). The van der Waals surface area contributed by atoms with Gasteiger partial charge in [0.05, 0.1) is 17.9 Å². The van der Waals surface area contributed by atoms with Crippen LogP contribution in [0.3, 0.4) is 0 Å². The molecule has 1 aromatic carbocycles. The summed E-state index contributed by atoms with van der Waals surface area (Å²) in [5, 5.41) is 11.2. The van der Waals surface area contributed by atoms with E-state index in [0.717, 1.165) is 36.7 Å². The maximum atomic E-state index is 12.6. The average molecular weight is 353 g/mol. The zero-order chi connectivity index (χ0) is 17.9. The number of likely N-dealkylation sites (tertiary alicyclic amines) is 1. The molecule has 1 aliphatic carbocycles. The Hall–Kier alpha value is -2.18. The zero-order valence-electron chi connectivity index (χ0n) is 15.3. The number of hydrogen-bond acceptors (Lipinski definition) is 4. The Balaban J connectivity index is 1.47. The fourth-order valence-electron chi connectivity index (χ4n) is 3.65. The molecule has 1 aromatic heterocycles. The van der Waals surface area contributed by atoms with Crippen molar-refractivity contribution in [3.8, 4) is 5.69 Å². The zero-order valence-corrected chi connectivity index (χ0v) is 15.3. The summed E-state index contributed by atoms with van der Waals surface area (Å²) in [6.45, 7) is 2.34. The molecule has 26 heavy (non-hydrogen) atoms. The first-order valence-electron chi connectivity index (χ1n) is 9.58. The number of carbonyl (C=O) groups is 1. The van der Waals surface area contributed by atoms with E-state index >= 15 is 0 Å². The van der Waals surface area contributed by atoms with Crippen LogP contribution in [-0.4, -0.2) is 53.3 Å². The number of aromatic nitrogens is 2. The van der Waals surface area contributed by atoms with Crippen molar-refractivity contribution in [2.75, 3.05) is 32.0 Å². The maximum Gasteiger partial charge on any atom is 0.239 e. The second-order valence-electron chi connectivity index (χ2n) is 7.39. The highest BCUT2D eigenvalue weighted by atomic mass is 16.2. The first-order valence-corrected chi connectivity index (χ1v) is 9.58. The molecule has 0 bridgehead atoms. The summed E-state index contributed by atoms with van der Waals surface area (Å²) in [5.41, 5.74) is 2.06. The quantitative estimate of drug-likeness (QED) is 0.837. The highest BCUT2D eigenvalue weighted by Crippen LogP contribution is 2.40. The Bertz CT molecular complexity index is 753. The number of rotatable bonds is 6. The van der Waals surface area contributed by atoms with E-state index in [1.807, 2.05) is 48.1 Å².